The van der Waals surface area contributed by atoms with E-state index in [0.29, 0.717) is 45.5 Å². The standard InChI is InChI=1S/C29H36FN5O.C27H31FN4O2/c1-32-19-23(18-31)21-7-8-22(26(30)17-21)20-35-27-6-4-3-5-25(27)29(28(35)36)11-15-34(16-12-29)24-9-13-33(2)14-10-24;1-30-16-21(15-29)19-6-7-20(24(28)14-19)17-32-25-5-3-2-4-23(25)27(26(32)33)9-11-31(12-10-27)22-8-13-34-18-22/h3-8,17-19,24H,9-16,20,31H2,1-2H3;2-7,14-16,22H,8-13,17-18,29H2,1H3/b23-18+,32-19?;21-15+,30-16?. The summed E-state index contributed by atoms with van der Waals surface area (Å²) in [4.78, 5) is 46.9. The van der Waals surface area contributed by atoms with Crippen molar-refractivity contribution in [3.63, 3.8) is 0 Å². The van der Waals surface area contributed by atoms with Crippen molar-refractivity contribution < 1.29 is 23.1 Å². The fourth-order valence-electron chi connectivity index (χ4n) is 11.9. The molecule has 14 heteroatoms. The number of nitrogens with zero attached hydrogens (tertiary/aromatic N) is 7. The van der Waals surface area contributed by atoms with Crippen molar-refractivity contribution in [1.82, 2.24) is 14.7 Å². The van der Waals surface area contributed by atoms with Crippen LogP contribution in [0.2, 0.25) is 0 Å². The van der Waals surface area contributed by atoms with E-state index >= 15 is 8.78 Å². The molecule has 6 aliphatic rings. The molecule has 368 valence electrons. The molecule has 1 unspecified atom stereocenters. The Morgan fingerprint density at radius 1 is 0.643 bits per heavy atom. The Kier molecular flexibility index (Phi) is 14.8. The number of aliphatic imine (C=N–C) groups is 2. The Bertz CT molecular complexity index is 2670. The van der Waals surface area contributed by atoms with Gasteiger partial charge in [-0.3, -0.25) is 24.5 Å². The predicted molar refractivity (Wildman–Crippen MR) is 276 cm³/mol. The predicted octanol–water partition coefficient (Wildman–Crippen LogP) is 7.30. The third kappa shape index (κ3) is 9.34. The van der Waals surface area contributed by atoms with Gasteiger partial charge in [0.2, 0.25) is 11.8 Å². The van der Waals surface area contributed by atoms with E-state index in [-0.39, 0.29) is 36.5 Å². The minimum absolute atomic E-state index is 0.0835. The first-order valence-corrected chi connectivity index (χ1v) is 24.9. The molecule has 4 fully saturated rings. The van der Waals surface area contributed by atoms with Gasteiger partial charge in [-0.05, 0) is 138 Å². The average Bonchev–Trinajstić information content (AvgIpc) is 4.06. The zero-order valence-electron chi connectivity index (χ0n) is 40.8. The number of carbonyl (C=O) groups is 2. The molecule has 6 heterocycles. The monoisotopic (exact) mass is 952 g/mol. The van der Waals surface area contributed by atoms with Crippen LogP contribution < -0.4 is 21.3 Å². The van der Waals surface area contributed by atoms with E-state index in [9.17, 15) is 9.59 Å². The normalized spacial score (nSPS) is 22.2. The van der Waals surface area contributed by atoms with E-state index in [0.717, 1.165) is 107 Å². The van der Waals surface area contributed by atoms with Crippen molar-refractivity contribution in [2.45, 2.75) is 80.9 Å². The molecule has 4 aromatic carbocycles. The van der Waals surface area contributed by atoms with Gasteiger partial charge in [0.05, 0.1) is 30.5 Å². The first kappa shape index (κ1) is 48.9. The molecule has 4 aromatic rings. The van der Waals surface area contributed by atoms with Gasteiger partial charge in [0.25, 0.3) is 0 Å². The van der Waals surface area contributed by atoms with Crippen molar-refractivity contribution in [1.29, 1.82) is 0 Å². The van der Waals surface area contributed by atoms with Gasteiger partial charge in [0, 0.05) is 91.3 Å². The maximum atomic E-state index is 15.2. The zero-order valence-corrected chi connectivity index (χ0v) is 40.8. The summed E-state index contributed by atoms with van der Waals surface area (Å²) >= 11 is 0. The molecule has 0 bridgehead atoms. The smallest absolute Gasteiger partial charge is 0.238 e. The average molecular weight is 952 g/mol. The van der Waals surface area contributed by atoms with Crippen LogP contribution in [0.5, 0.6) is 0 Å². The van der Waals surface area contributed by atoms with Crippen LogP contribution in [0.3, 0.4) is 0 Å². The quantitative estimate of drug-likeness (QED) is 0.158. The van der Waals surface area contributed by atoms with Gasteiger partial charge in [0.1, 0.15) is 11.6 Å². The highest BCUT2D eigenvalue weighted by Gasteiger charge is 2.54. The van der Waals surface area contributed by atoms with Crippen molar-refractivity contribution >= 4 is 46.8 Å². The topological polar surface area (TPSA) is 136 Å². The molecule has 4 saturated heterocycles. The number of anilines is 2. The van der Waals surface area contributed by atoms with Gasteiger partial charge in [-0.1, -0.05) is 60.7 Å². The number of fused-ring (bicyclic) bond motifs is 4. The number of hydrogen-bond donors (Lipinski definition) is 2. The highest BCUT2D eigenvalue weighted by molar-refractivity contribution is 6.11. The van der Waals surface area contributed by atoms with Gasteiger partial charge >= 0.3 is 0 Å². The fourth-order valence-corrected chi connectivity index (χ4v) is 11.9. The summed E-state index contributed by atoms with van der Waals surface area (Å²) in [5, 5.41) is 0. The third-order valence-electron chi connectivity index (χ3n) is 16.0. The van der Waals surface area contributed by atoms with Crippen LogP contribution in [-0.2, 0) is 38.2 Å². The molecule has 1 atom stereocenters. The fraction of sp³-hybridized carbons (Fsp3) is 0.429. The molecule has 0 aliphatic carbocycles. The van der Waals surface area contributed by atoms with Crippen molar-refractivity contribution in [3.8, 4) is 0 Å². The van der Waals surface area contributed by atoms with Gasteiger partial charge in [-0.25, -0.2) is 8.78 Å². The Labute approximate surface area is 411 Å². The molecule has 0 aromatic heterocycles. The molecule has 4 N–H and O–H groups in total. The van der Waals surface area contributed by atoms with Crippen LogP contribution in [0.4, 0.5) is 20.2 Å². The molecular formula is C56H67F2N9O3. The number of carbonyl (C=O) groups excluding carboxylic acids is 2. The Hall–Kier alpha value is -6.06. The van der Waals surface area contributed by atoms with Crippen molar-refractivity contribution in [2.24, 2.45) is 21.5 Å². The van der Waals surface area contributed by atoms with Gasteiger partial charge in [-0.2, -0.15) is 0 Å². The van der Waals surface area contributed by atoms with Gasteiger partial charge in [0.15, 0.2) is 0 Å². The molecule has 6 aliphatic heterocycles. The van der Waals surface area contributed by atoms with Crippen LogP contribution in [0.1, 0.15) is 78.3 Å². The number of halogens is 2. The van der Waals surface area contributed by atoms with Crippen LogP contribution in [-0.4, -0.2) is 125 Å². The maximum absolute atomic E-state index is 15.2. The molecule has 70 heavy (non-hydrogen) atoms. The second kappa shape index (κ2) is 21.1. The first-order chi connectivity index (χ1) is 34.0. The van der Waals surface area contributed by atoms with Crippen molar-refractivity contribution in [3.05, 3.63) is 142 Å². The maximum Gasteiger partial charge on any atom is 0.238 e. The number of para-hydroxylation sites is 2. The summed E-state index contributed by atoms with van der Waals surface area (Å²) < 4.78 is 35.9. The summed E-state index contributed by atoms with van der Waals surface area (Å²) in [6.07, 6.45) is 12.7. The number of ether oxygens (including phenoxy) is 1. The highest BCUT2D eigenvalue weighted by atomic mass is 19.1. The number of piperidine rings is 3. The summed E-state index contributed by atoms with van der Waals surface area (Å²) in [7, 11) is 5.49. The Morgan fingerprint density at radius 2 is 1.09 bits per heavy atom. The Balaban J connectivity index is 0.000000174. The second-order valence-electron chi connectivity index (χ2n) is 19.7. The molecular weight excluding hydrogens is 885 g/mol. The number of benzene rings is 4. The largest absolute Gasteiger partial charge is 0.404 e. The van der Waals surface area contributed by atoms with Gasteiger partial charge in [-0.15, -0.1) is 0 Å². The third-order valence-corrected chi connectivity index (χ3v) is 16.0. The lowest BCUT2D eigenvalue weighted by molar-refractivity contribution is -0.126. The summed E-state index contributed by atoms with van der Waals surface area (Å²) in [6, 6.07) is 27.2. The van der Waals surface area contributed by atoms with E-state index in [2.05, 4.69) is 43.9 Å². The van der Waals surface area contributed by atoms with Crippen LogP contribution in [0.15, 0.2) is 107 Å². The molecule has 0 saturated carbocycles. The minimum atomic E-state index is -0.532. The summed E-state index contributed by atoms with van der Waals surface area (Å²) in [6.45, 7) is 7.90. The number of likely N-dealkylation sites (tertiary alicyclic amines) is 3. The molecule has 10 rings (SSSR count). The number of hydrogen-bond acceptors (Lipinski definition) is 10. The van der Waals surface area contributed by atoms with Crippen molar-refractivity contribution in [2.75, 3.05) is 83.4 Å². The number of rotatable bonds is 10. The van der Waals surface area contributed by atoms with Crippen LogP contribution in [0, 0.1) is 11.6 Å². The van der Waals surface area contributed by atoms with Gasteiger partial charge < -0.3 is 35.8 Å². The molecule has 0 radical (unpaired) electrons. The second-order valence-corrected chi connectivity index (χ2v) is 19.7. The minimum Gasteiger partial charge on any atom is -0.404 e. The van der Waals surface area contributed by atoms with E-state index in [4.69, 9.17) is 16.2 Å². The van der Waals surface area contributed by atoms with Crippen LogP contribution in [0.25, 0.3) is 11.1 Å². The van der Waals surface area contributed by atoms with E-state index in [1.54, 1.807) is 48.5 Å². The molecule has 12 nitrogen and oxygen atoms in total. The number of amides is 2. The lowest BCUT2D eigenvalue weighted by atomic mass is 9.73. The van der Waals surface area contributed by atoms with E-state index < -0.39 is 10.8 Å². The van der Waals surface area contributed by atoms with E-state index in [1.165, 1.54) is 37.4 Å². The lowest BCUT2D eigenvalue weighted by Crippen LogP contribution is -2.53. The van der Waals surface area contributed by atoms with Crippen LogP contribution >= 0.6 is 0 Å². The highest BCUT2D eigenvalue weighted by Crippen LogP contribution is 2.50. The Morgan fingerprint density at radius 3 is 1.49 bits per heavy atom. The number of allylic oxidation sites excluding steroid dienone is 2. The first-order valence-electron chi connectivity index (χ1n) is 24.9. The molecule has 2 amide bonds. The number of nitrogens with two attached hydrogens (primary N) is 2. The zero-order chi connectivity index (χ0) is 49.0. The summed E-state index contributed by atoms with van der Waals surface area (Å²) in [5.41, 5.74) is 17.9. The SMILES string of the molecule is CN=C/C(=C\N)c1ccc(CN2C(=O)C3(CCN(C4CCN(C)CC4)CC3)c3ccccc32)c(F)c1.CN=C/C(=C\N)c1ccc(CN2C(=O)C3(CCN(C4CCOC4)CC3)c3ccccc32)c(F)c1. The lowest BCUT2D eigenvalue weighted by Gasteiger charge is -2.44. The summed E-state index contributed by atoms with van der Waals surface area (Å²) in [5.74, 6) is -0.515. The molecule has 2 spiro atoms. The van der Waals surface area contributed by atoms with E-state index in [1.807, 2.05) is 48.5 Å².